The lowest BCUT2D eigenvalue weighted by molar-refractivity contribution is -0.137. The number of nitrogens with one attached hydrogen (secondary N) is 1. The number of halogens is 3. The Hall–Kier alpha value is -3.05. The highest BCUT2D eigenvalue weighted by Crippen LogP contribution is 2.36. The van der Waals surface area contributed by atoms with Crippen LogP contribution in [-0.4, -0.2) is 48.2 Å². The molecule has 7 nitrogen and oxygen atoms in total. The second-order valence-corrected chi connectivity index (χ2v) is 7.83. The van der Waals surface area contributed by atoms with E-state index >= 15 is 0 Å². The molecule has 0 aliphatic carbocycles. The van der Waals surface area contributed by atoms with E-state index in [1.54, 1.807) is 0 Å². The van der Waals surface area contributed by atoms with Gasteiger partial charge in [0.1, 0.15) is 0 Å². The standard InChI is InChI=1S/C21H19F3N4O3S/c22-21(23,24)15-6-7-17(28-8-10-30-11-9-28)16(12-15)25-18(29)13-32-20-27-26-19(31-20)14-4-2-1-3-5-14/h1-7,12H,8-11,13H2,(H,25,29). The van der Waals surface area contributed by atoms with Crippen molar-refractivity contribution in [3.05, 3.63) is 54.1 Å². The van der Waals surface area contributed by atoms with Crippen LogP contribution in [0.1, 0.15) is 5.56 Å². The van der Waals surface area contributed by atoms with Gasteiger partial charge in [0, 0.05) is 18.7 Å². The van der Waals surface area contributed by atoms with Crippen LogP contribution in [0.25, 0.3) is 11.5 Å². The first-order valence-corrected chi connectivity index (χ1v) is 10.7. The molecule has 1 aromatic heterocycles. The summed E-state index contributed by atoms with van der Waals surface area (Å²) in [6.45, 7) is 1.97. The SMILES string of the molecule is O=C(CSc1nnc(-c2ccccc2)o1)Nc1cc(C(F)(F)F)ccc1N1CCOCC1. The molecule has 0 bridgehead atoms. The number of aromatic nitrogens is 2. The zero-order valence-electron chi connectivity index (χ0n) is 16.8. The quantitative estimate of drug-likeness (QED) is 0.544. The van der Waals surface area contributed by atoms with Crippen molar-refractivity contribution in [2.45, 2.75) is 11.4 Å². The van der Waals surface area contributed by atoms with Gasteiger partial charge in [-0.05, 0) is 30.3 Å². The second-order valence-electron chi connectivity index (χ2n) is 6.91. The minimum atomic E-state index is -4.52. The van der Waals surface area contributed by atoms with Gasteiger partial charge in [0.2, 0.25) is 11.8 Å². The van der Waals surface area contributed by atoms with Crippen LogP contribution in [0.4, 0.5) is 24.5 Å². The highest BCUT2D eigenvalue weighted by molar-refractivity contribution is 7.99. The van der Waals surface area contributed by atoms with Crippen molar-refractivity contribution in [2.24, 2.45) is 0 Å². The molecule has 0 unspecified atom stereocenters. The number of thioether (sulfide) groups is 1. The molecule has 0 saturated carbocycles. The Labute approximate surface area is 186 Å². The predicted molar refractivity (Wildman–Crippen MR) is 114 cm³/mol. The van der Waals surface area contributed by atoms with E-state index in [1.807, 2.05) is 35.2 Å². The molecule has 1 amide bonds. The van der Waals surface area contributed by atoms with E-state index in [4.69, 9.17) is 9.15 Å². The minimum absolute atomic E-state index is 0.0998. The first kappa shape index (κ1) is 22.2. The van der Waals surface area contributed by atoms with Gasteiger partial charge in [-0.3, -0.25) is 4.79 Å². The molecule has 0 atom stereocenters. The summed E-state index contributed by atoms with van der Waals surface area (Å²) in [5.74, 6) is -0.265. The number of nitrogens with zero attached hydrogens (tertiary/aromatic N) is 3. The van der Waals surface area contributed by atoms with Gasteiger partial charge in [-0.25, -0.2) is 0 Å². The normalized spacial score (nSPS) is 14.4. The molecule has 1 saturated heterocycles. The molecule has 1 aliphatic rings. The van der Waals surface area contributed by atoms with E-state index in [1.165, 1.54) is 6.07 Å². The number of hydrogen-bond acceptors (Lipinski definition) is 7. The Kier molecular flexibility index (Phi) is 6.66. The van der Waals surface area contributed by atoms with Crippen LogP contribution >= 0.6 is 11.8 Å². The largest absolute Gasteiger partial charge is 0.416 e. The van der Waals surface area contributed by atoms with Crippen LogP contribution in [-0.2, 0) is 15.7 Å². The lowest BCUT2D eigenvalue weighted by Crippen LogP contribution is -2.37. The van der Waals surface area contributed by atoms with Crippen molar-refractivity contribution in [3.8, 4) is 11.5 Å². The molecular weight excluding hydrogens is 445 g/mol. The van der Waals surface area contributed by atoms with Crippen molar-refractivity contribution in [2.75, 3.05) is 42.3 Å². The number of rotatable bonds is 6. The van der Waals surface area contributed by atoms with Crippen molar-refractivity contribution in [3.63, 3.8) is 0 Å². The highest BCUT2D eigenvalue weighted by atomic mass is 32.2. The van der Waals surface area contributed by atoms with E-state index in [-0.39, 0.29) is 16.7 Å². The zero-order chi connectivity index (χ0) is 22.6. The molecule has 1 aliphatic heterocycles. The Morgan fingerprint density at radius 2 is 1.84 bits per heavy atom. The molecule has 168 valence electrons. The molecule has 4 rings (SSSR count). The van der Waals surface area contributed by atoms with Gasteiger partial charge >= 0.3 is 6.18 Å². The Morgan fingerprint density at radius 3 is 2.56 bits per heavy atom. The number of carbonyl (C=O) groups is 1. The third-order valence-electron chi connectivity index (χ3n) is 4.70. The van der Waals surface area contributed by atoms with E-state index in [2.05, 4.69) is 15.5 Å². The summed E-state index contributed by atoms with van der Waals surface area (Å²) in [4.78, 5) is 14.4. The number of benzene rings is 2. The highest BCUT2D eigenvalue weighted by Gasteiger charge is 2.32. The molecule has 0 radical (unpaired) electrons. The number of ether oxygens (including phenoxy) is 1. The Bertz CT molecular complexity index is 1070. The number of hydrogen-bond donors (Lipinski definition) is 1. The van der Waals surface area contributed by atoms with Crippen molar-refractivity contribution < 1.29 is 27.1 Å². The average Bonchev–Trinajstić information content (AvgIpc) is 3.27. The van der Waals surface area contributed by atoms with Crippen molar-refractivity contribution >= 4 is 29.0 Å². The first-order valence-electron chi connectivity index (χ1n) is 9.76. The molecule has 3 aromatic rings. The number of alkyl halides is 3. The van der Waals surface area contributed by atoms with Gasteiger partial charge in [-0.1, -0.05) is 30.0 Å². The molecule has 32 heavy (non-hydrogen) atoms. The average molecular weight is 464 g/mol. The van der Waals surface area contributed by atoms with Gasteiger partial charge in [0.25, 0.3) is 5.22 Å². The van der Waals surface area contributed by atoms with Gasteiger partial charge < -0.3 is 19.4 Å². The molecule has 2 aromatic carbocycles. The third kappa shape index (κ3) is 5.40. The number of carbonyl (C=O) groups excluding carboxylic acids is 1. The van der Waals surface area contributed by atoms with Crippen LogP contribution in [0.2, 0.25) is 0 Å². The summed E-state index contributed by atoms with van der Waals surface area (Å²) in [5.41, 5.74) is 0.531. The lowest BCUT2D eigenvalue weighted by atomic mass is 10.1. The maximum atomic E-state index is 13.2. The Morgan fingerprint density at radius 1 is 1.09 bits per heavy atom. The van der Waals surface area contributed by atoms with E-state index < -0.39 is 17.6 Å². The minimum Gasteiger partial charge on any atom is -0.411 e. The van der Waals surface area contributed by atoms with Gasteiger partial charge in [0.05, 0.1) is 35.9 Å². The van der Waals surface area contributed by atoms with Crippen molar-refractivity contribution in [1.29, 1.82) is 0 Å². The van der Waals surface area contributed by atoms with E-state index in [9.17, 15) is 18.0 Å². The summed E-state index contributed by atoms with van der Waals surface area (Å²) in [6, 6.07) is 12.5. The van der Waals surface area contributed by atoms with E-state index in [0.717, 1.165) is 29.5 Å². The zero-order valence-corrected chi connectivity index (χ0v) is 17.6. The molecule has 0 spiro atoms. The van der Waals surface area contributed by atoms with Gasteiger partial charge in [-0.2, -0.15) is 13.2 Å². The summed E-state index contributed by atoms with van der Waals surface area (Å²) >= 11 is 1.01. The summed E-state index contributed by atoms with van der Waals surface area (Å²) in [6.07, 6.45) is -4.52. The van der Waals surface area contributed by atoms with Crippen LogP contribution in [0.15, 0.2) is 58.2 Å². The topological polar surface area (TPSA) is 80.5 Å². The third-order valence-corrected chi connectivity index (χ3v) is 5.52. The van der Waals surface area contributed by atoms with Crippen LogP contribution in [0.5, 0.6) is 0 Å². The van der Waals surface area contributed by atoms with Crippen LogP contribution < -0.4 is 10.2 Å². The summed E-state index contributed by atoms with van der Waals surface area (Å²) in [7, 11) is 0. The monoisotopic (exact) mass is 464 g/mol. The number of amides is 1. The molecular formula is C21H19F3N4O3S. The maximum Gasteiger partial charge on any atom is 0.416 e. The molecule has 11 heteroatoms. The van der Waals surface area contributed by atoms with Gasteiger partial charge in [-0.15, -0.1) is 10.2 Å². The van der Waals surface area contributed by atoms with Crippen LogP contribution in [0, 0.1) is 0 Å². The van der Waals surface area contributed by atoms with Gasteiger partial charge in [0.15, 0.2) is 0 Å². The van der Waals surface area contributed by atoms with E-state index in [0.29, 0.717) is 37.9 Å². The van der Waals surface area contributed by atoms with Crippen LogP contribution in [0.3, 0.4) is 0 Å². The maximum absolute atomic E-state index is 13.2. The first-order chi connectivity index (χ1) is 15.4. The smallest absolute Gasteiger partial charge is 0.411 e. The number of morpholine rings is 1. The fourth-order valence-electron chi connectivity index (χ4n) is 3.17. The van der Waals surface area contributed by atoms with Crippen molar-refractivity contribution in [1.82, 2.24) is 10.2 Å². The number of anilines is 2. The molecule has 1 fully saturated rings. The fourth-order valence-corrected chi connectivity index (χ4v) is 3.73. The predicted octanol–water partition coefficient (Wildman–Crippen LogP) is 4.32. The Balaban J connectivity index is 1.45. The summed E-state index contributed by atoms with van der Waals surface area (Å²) in [5, 5.41) is 10.6. The fraction of sp³-hybridized carbons (Fsp3) is 0.286. The lowest BCUT2D eigenvalue weighted by Gasteiger charge is -2.31. The second kappa shape index (κ2) is 9.61. The molecule has 1 N–H and O–H groups in total. The molecule has 2 heterocycles. The summed E-state index contributed by atoms with van der Waals surface area (Å²) < 4.78 is 50.5.